The Morgan fingerprint density at radius 2 is 1.59 bits per heavy atom. The van der Waals surface area contributed by atoms with Gasteiger partial charge >= 0.3 is 11.9 Å². The summed E-state index contributed by atoms with van der Waals surface area (Å²) in [4.78, 5) is 40.2. The van der Waals surface area contributed by atoms with Crippen LogP contribution < -0.4 is 0 Å². The lowest BCUT2D eigenvalue weighted by molar-refractivity contribution is -0.190. The molecule has 0 N–H and O–H groups in total. The molecule has 1 saturated carbocycles. The van der Waals surface area contributed by atoms with Crippen molar-refractivity contribution in [2.45, 2.75) is 58.2 Å². The van der Waals surface area contributed by atoms with Gasteiger partial charge in [-0.25, -0.2) is 4.79 Å². The summed E-state index contributed by atoms with van der Waals surface area (Å²) < 4.78 is 12.0. The second-order valence-corrected chi connectivity index (χ2v) is 10.7. The van der Waals surface area contributed by atoms with Gasteiger partial charge in [-0.2, -0.15) is 0 Å². The Morgan fingerprint density at radius 1 is 0.938 bits per heavy atom. The van der Waals surface area contributed by atoms with Gasteiger partial charge in [0.05, 0.1) is 10.8 Å². The topological polar surface area (TPSA) is 69.7 Å². The molecule has 1 saturated heterocycles. The van der Waals surface area contributed by atoms with Gasteiger partial charge in [0.2, 0.25) is 5.60 Å². The highest BCUT2D eigenvalue weighted by Gasteiger charge is 2.77. The third-order valence-electron chi connectivity index (χ3n) is 9.20. The minimum absolute atomic E-state index is 0.0264. The molecule has 2 aromatic carbocycles. The number of benzene rings is 2. The quantitative estimate of drug-likeness (QED) is 0.662. The van der Waals surface area contributed by atoms with Crippen LogP contribution >= 0.6 is 0 Å². The molecule has 3 aliphatic carbocycles. The molecule has 5 heteroatoms. The molecule has 0 aromatic heterocycles. The average molecular weight is 431 g/mol. The van der Waals surface area contributed by atoms with E-state index in [0.29, 0.717) is 31.2 Å². The predicted molar refractivity (Wildman–Crippen MR) is 116 cm³/mol. The van der Waals surface area contributed by atoms with Gasteiger partial charge in [0.25, 0.3) is 0 Å². The lowest BCUT2D eigenvalue weighted by atomic mass is 9.66. The lowest BCUT2D eigenvalue weighted by Crippen LogP contribution is -2.50. The van der Waals surface area contributed by atoms with Gasteiger partial charge in [-0.3, -0.25) is 9.59 Å². The van der Waals surface area contributed by atoms with Crippen molar-refractivity contribution in [1.29, 1.82) is 0 Å². The van der Waals surface area contributed by atoms with Crippen LogP contribution in [0.4, 0.5) is 0 Å². The maximum atomic E-state index is 13.8. The van der Waals surface area contributed by atoms with E-state index in [-0.39, 0.29) is 11.8 Å². The van der Waals surface area contributed by atoms with Gasteiger partial charge in [0.15, 0.2) is 5.78 Å². The van der Waals surface area contributed by atoms with Crippen LogP contribution in [-0.4, -0.2) is 23.3 Å². The summed E-state index contributed by atoms with van der Waals surface area (Å²) in [5.74, 6) is -0.836. The van der Waals surface area contributed by atoms with Crippen molar-refractivity contribution in [3.05, 3.63) is 70.8 Å². The number of hydrogen-bond acceptors (Lipinski definition) is 5. The van der Waals surface area contributed by atoms with Crippen LogP contribution in [0.25, 0.3) is 0 Å². The first-order chi connectivity index (χ1) is 15.2. The highest BCUT2D eigenvalue weighted by molar-refractivity contribution is 6.06. The van der Waals surface area contributed by atoms with Gasteiger partial charge < -0.3 is 9.47 Å². The molecule has 32 heavy (non-hydrogen) atoms. The smallest absolute Gasteiger partial charge is 0.351 e. The zero-order valence-corrected chi connectivity index (χ0v) is 18.6. The number of fused-ring (bicyclic) bond motifs is 4. The van der Waals surface area contributed by atoms with E-state index < -0.39 is 33.9 Å². The van der Waals surface area contributed by atoms with Crippen molar-refractivity contribution in [1.82, 2.24) is 0 Å². The Morgan fingerprint density at radius 3 is 2.25 bits per heavy atom. The summed E-state index contributed by atoms with van der Waals surface area (Å²) in [6.45, 7) is 5.71. The normalized spacial score (nSPS) is 35.7. The van der Waals surface area contributed by atoms with E-state index in [1.54, 1.807) is 0 Å². The summed E-state index contributed by atoms with van der Waals surface area (Å²) in [7, 11) is 0. The number of rotatable bonds is 2. The molecule has 164 valence electrons. The Hall–Kier alpha value is -2.95. The Bertz CT molecular complexity index is 1210. The van der Waals surface area contributed by atoms with Gasteiger partial charge in [-0.15, -0.1) is 0 Å². The summed E-state index contributed by atoms with van der Waals surface area (Å²) >= 11 is 0. The van der Waals surface area contributed by atoms with Crippen molar-refractivity contribution in [2.24, 2.45) is 16.2 Å². The van der Waals surface area contributed by atoms with Crippen LogP contribution in [0.1, 0.15) is 66.8 Å². The first-order valence-corrected chi connectivity index (χ1v) is 11.3. The van der Waals surface area contributed by atoms with Crippen molar-refractivity contribution in [2.75, 3.05) is 0 Å². The highest BCUT2D eigenvalue weighted by Crippen LogP contribution is 2.66. The Balaban J connectivity index is 1.43. The standard InChI is InChI=1S/C27H26O5/c1-24(2)25(3)12-13-27(24,32-22(25)29)23(30)31-21-19-11-7-5-9-17(19)15-26(21)14-16-8-4-6-10-18(16)20(26)28/h4-11,21H,12-15H2,1-3H3/t21-,25+,26+,27-/m1/s1. The van der Waals surface area contributed by atoms with E-state index in [0.717, 1.165) is 16.7 Å². The molecular weight excluding hydrogens is 404 g/mol. The third kappa shape index (κ3) is 2.03. The second kappa shape index (κ2) is 5.89. The molecule has 0 radical (unpaired) electrons. The fraction of sp³-hybridized carbons (Fsp3) is 0.444. The minimum atomic E-state index is -1.31. The SMILES string of the molecule is CC1(C)[C@@]2(C)CC[C@]1(C(=O)O[C@@H]1c3ccccc3C[C@]13Cc1ccccc1C3=O)OC2=O. The number of carbonyl (C=O) groups excluding carboxylic acids is 3. The van der Waals surface area contributed by atoms with Crippen molar-refractivity contribution >= 4 is 17.7 Å². The number of ketones is 1. The molecule has 6 rings (SSSR count). The predicted octanol–water partition coefficient (Wildman–Crippen LogP) is 4.37. The van der Waals surface area contributed by atoms with E-state index in [2.05, 4.69) is 0 Å². The molecule has 0 unspecified atom stereocenters. The fourth-order valence-electron chi connectivity index (χ4n) is 6.70. The van der Waals surface area contributed by atoms with E-state index in [4.69, 9.17) is 9.47 Å². The minimum Gasteiger partial charge on any atom is -0.453 e. The number of hydrogen-bond donors (Lipinski definition) is 0. The molecule has 5 nitrogen and oxygen atoms in total. The second-order valence-electron chi connectivity index (χ2n) is 10.7. The van der Waals surface area contributed by atoms with E-state index >= 15 is 0 Å². The molecule has 1 heterocycles. The lowest BCUT2D eigenvalue weighted by Gasteiger charge is -2.37. The summed E-state index contributed by atoms with van der Waals surface area (Å²) in [5, 5.41) is 0. The van der Waals surface area contributed by atoms with Crippen LogP contribution in [0.15, 0.2) is 48.5 Å². The van der Waals surface area contributed by atoms with Crippen LogP contribution in [0.2, 0.25) is 0 Å². The van der Waals surface area contributed by atoms with Crippen molar-refractivity contribution < 1.29 is 23.9 Å². The molecule has 1 spiro atoms. The largest absolute Gasteiger partial charge is 0.453 e. The van der Waals surface area contributed by atoms with Gasteiger partial charge in [0.1, 0.15) is 6.10 Å². The number of Topliss-reactive ketones (excluding diaryl/α,β-unsaturated/α-hetero) is 1. The first-order valence-electron chi connectivity index (χ1n) is 11.3. The van der Waals surface area contributed by atoms with Crippen LogP contribution in [0, 0.1) is 16.2 Å². The molecule has 4 aliphatic rings. The molecule has 0 amide bonds. The van der Waals surface area contributed by atoms with Crippen molar-refractivity contribution in [3.63, 3.8) is 0 Å². The Kier molecular flexibility index (Phi) is 3.63. The monoisotopic (exact) mass is 430 g/mol. The number of carbonyl (C=O) groups is 3. The molecule has 2 bridgehead atoms. The van der Waals surface area contributed by atoms with E-state index in [1.807, 2.05) is 69.3 Å². The highest BCUT2D eigenvalue weighted by atomic mass is 16.6. The average Bonchev–Trinajstić information content (AvgIpc) is 3.35. The Labute approximate surface area is 187 Å². The zero-order chi connectivity index (χ0) is 22.5. The molecule has 2 aromatic rings. The van der Waals surface area contributed by atoms with E-state index in [1.165, 1.54) is 0 Å². The zero-order valence-electron chi connectivity index (χ0n) is 18.6. The van der Waals surface area contributed by atoms with Gasteiger partial charge in [-0.1, -0.05) is 62.4 Å². The first kappa shape index (κ1) is 19.7. The van der Waals surface area contributed by atoms with Crippen molar-refractivity contribution in [3.8, 4) is 0 Å². The summed E-state index contributed by atoms with van der Waals surface area (Å²) in [5.41, 5.74) is 0.0366. The third-order valence-corrected chi connectivity index (χ3v) is 9.20. The van der Waals surface area contributed by atoms with Gasteiger partial charge in [0, 0.05) is 11.0 Å². The van der Waals surface area contributed by atoms with Crippen LogP contribution in [0.5, 0.6) is 0 Å². The maximum Gasteiger partial charge on any atom is 0.351 e. The summed E-state index contributed by atoms with van der Waals surface area (Å²) in [6.07, 6.45) is 1.38. The van der Waals surface area contributed by atoms with Gasteiger partial charge in [-0.05, 0) is 49.3 Å². The fourth-order valence-corrected chi connectivity index (χ4v) is 6.70. The molecular formula is C27H26O5. The van der Waals surface area contributed by atoms with Crippen LogP contribution in [-0.2, 0) is 31.9 Å². The molecule has 2 fully saturated rings. The van der Waals surface area contributed by atoms with E-state index in [9.17, 15) is 14.4 Å². The molecule has 4 atom stereocenters. The molecule has 1 aliphatic heterocycles. The summed E-state index contributed by atoms with van der Waals surface area (Å²) in [6, 6.07) is 15.5. The maximum absolute atomic E-state index is 13.8. The van der Waals surface area contributed by atoms with Crippen LogP contribution in [0.3, 0.4) is 0 Å². The number of esters is 2. The number of ether oxygens (including phenoxy) is 2.